The normalized spacial score (nSPS) is 28.2. The number of ketones is 1. The average molecular weight is 384 g/mol. The lowest BCUT2D eigenvalue weighted by atomic mass is 9.59. The lowest BCUT2D eigenvalue weighted by molar-refractivity contribution is -0.157. The number of fused-ring (bicyclic) bond motifs is 4. The van der Waals surface area contributed by atoms with E-state index in [4.69, 9.17) is 14.2 Å². The van der Waals surface area contributed by atoms with E-state index >= 15 is 0 Å². The van der Waals surface area contributed by atoms with Gasteiger partial charge in [0, 0.05) is 6.42 Å². The second-order valence-electron chi connectivity index (χ2n) is 7.78. The number of esters is 2. The van der Waals surface area contributed by atoms with Gasteiger partial charge in [-0.1, -0.05) is 6.07 Å². The van der Waals surface area contributed by atoms with Gasteiger partial charge in [0.2, 0.25) is 0 Å². The number of ether oxygens (including phenoxy) is 3. The van der Waals surface area contributed by atoms with Crippen molar-refractivity contribution in [3.63, 3.8) is 0 Å². The first-order valence-corrected chi connectivity index (χ1v) is 9.56. The fraction of sp³-hybridized carbons (Fsp3) is 0.500. The van der Waals surface area contributed by atoms with Crippen LogP contribution in [0.25, 0.3) is 5.57 Å². The molecule has 148 valence electrons. The zero-order chi connectivity index (χ0) is 20.1. The van der Waals surface area contributed by atoms with Gasteiger partial charge in [-0.15, -0.1) is 0 Å². The zero-order valence-corrected chi connectivity index (χ0v) is 16.4. The molecule has 4 rings (SSSR count). The Kier molecular flexibility index (Phi) is 4.52. The molecule has 0 aliphatic heterocycles. The molecule has 6 nitrogen and oxygen atoms in total. The molecule has 1 fully saturated rings. The summed E-state index contributed by atoms with van der Waals surface area (Å²) >= 11 is 0. The first kappa shape index (κ1) is 18.7. The fourth-order valence-electron chi connectivity index (χ4n) is 5.42. The molecule has 0 amide bonds. The van der Waals surface area contributed by atoms with Gasteiger partial charge in [0.05, 0.1) is 38.6 Å². The number of allylic oxidation sites excluding steroid dienone is 1. The minimum Gasteiger partial charge on any atom is -0.497 e. The molecule has 0 bridgehead atoms. The summed E-state index contributed by atoms with van der Waals surface area (Å²) in [5, 5.41) is 0. The van der Waals surface area contributed by atoms with Gasteiger partial charge in [0.25, 0.3) is 0 Å². The van der Waals surface area contributed by atoms with Gasteiger partial charge in [-0.05, 0) is 60.1 Å². The number of methoxy groups -OCH3 is 3. The molecule has 0 radical (unpaired) electrons. The number of carbonyl (C=O) groups is 3. The van der Waals surface area contributed by atoms with E-state index in [1.165, 1.54) is 14.2 Å². The molecule has 0 aromatic heterocycles. The zero-order valence-electron chi connectivity index (χ0n) is 16.4. The second-order valence-corrected chi connectivity index (χ2v) is 7.78. The van der Waals surface area contributed by atoms with Crippen molar-refractivity contribution in [3.8, 4) is 5.75 Å². The largest absolute Gasteiger partial charge is 0.497 e. The summed E-state index contributed by atoms with van der Waals surface area (Å²) in [6.07, 6.45) is 2.41. The maximum Gasteiger partial charge on any atom is 0.313 e. The smallest absolute Gasteiger partial charge is 0.313 e. The molecule has 0 heterocycles. The Morgan fingerprint density at radius 1 is 1.07 bits per heavy atom. The van der Waals surface area contributed by atoms with Crippen LogP contribution in [-0.2, 0) is 30.3 Å². The molecular formula is C22H24O6. The maximum absolute atomic E-state index is 12.9. The van der Waals surface area contributed by atoms with Crippen molar-refractivity contribution in [2.75, 3.05) is 21.3 Å². The van der Waals surface area contributed by atoms with Crippen LogP contribution in [0, 0.1) is 17.3 Å². The quantitative estimate of drug-likeness (QED) is 0.746. The first-order chi connectivity index (χ1) is 13.5. The number of hydrogen-bond donors (Lipinski definition) is 0. The summed E-state index contributed by atoms with van der Waals surface area (Å²) < 4.78 is 15.5. The van der Waals surface area contributed by atoms with Crippen LogP contribution < -0.4 is 4.74 Å². The molecule has 1 aromatic carbocycles. The summed E-state index contributed by atoms with van der Waals surface area (Å²) in [7, 11) is 4.33. The predicted molar refractivity (Wildman–Crippen MR) is 101 cm³/mol. The number of hydrogen-bond acceptors (Lipinski definition) is 6. The van der Waals surface area contributed by atoms with Crippen LogP contribution >= 0.6 is 0 Å². The molecule has 3 aliphatic rings. The van der Waals surface area contributed by atoms with Crippen LogP contribution in [0.15, 0.2) is 23.8 Å². The maximum atomic E-state index is 12.9. The third-order valence-corrected chi connectivity index (χ3v) is 6.69. The molecular weight excluding hydrogens is 360 g/mol. The highest BCUT2D eigenvalue weighted by Gasteiger charge is 2.60. The van der Waals surface area contributed by atoms with E-state index in [9.17, 15) is 14.4 Å². The Morgan fingerprint density at radius 2 is 1.82 bits per heavy atom. The molecule has 0 spiro atoms. The van der Waals surface area contributed by atoms with Gasteiger partial charge in [0.15, 0.2) is 0 Å². The minimum absolute atomic E-state index is 0.0171. The highest BCUT2D eigenvalue weighted by molar-refractivity contribution is 6.00. The fourth-order valence-corrected chi connectivity index (χ4v) is 5.42. The number of rotatable bonds is 3. The summed E-state index contributed by atoms with van der Waals surface area (Å²) in [4.78, 5) is 38.4. The van der Waals surface area contributed by atoms with Crippen LogP contribution in [0.1, 0.15) is 36.8 Å². The highest BCUT2D eigenvalue weighted by atomic mass is 16.5. The van der Waals surface area contributed by atoms with E-state index in [2.05, 4.69) is 0 Å². The summed E-state index contributed by atoms with van der Waals surface area (Å²) in [6.45, 7) is 0. The Morgan fingerprint density at radius 3 is 2.50 bits per heavy atom. The van der Waals surface area contributed by atoms with Gasteiger partial charge < -0.3 is 14.2 Å². The number of Topliss-reactive ketones (excluding diaryl/α,β-unsaturated/α-hetero) is 1. The molecule has 6 heteroatoms. The summed E-state index contributed by atoms with van der Waals surface area (Å²) in [5.41, 5.74) is 2.95. The summed E-state index contributed by atoms with van der Waals surface area (Å²) in [5.74, 6) is -1.16. The standard InChI is InChI=1S/C22H24O6/c1-26-13-4-5-14-12(10-13)11-16(20(24)27-2)18-15(14)6-8-22(21(25)28-3)9-7-17(23)19(18)22/h4-5,10,16,19H,6-9,11H2,1-3H3/t16-,19-,22+/m1/s1. The third kappa shape index (κ3) is 2.50. The van der Waals surface area contributed by atoms with Crippen LogP contribution in [0.4, 0.5) is 0 Å². The second kappa shape index (κ2) is 6.76. The van der Waals surface area contributed by atoms with Crippen molar-refractivity contribution in [3.05, 3.63) is 34.9 Å². The van der Waals surface area contributed by atoms with Crippen molar-refractivity contribution in [1.82, 2.24) is 0 Å². The molecule has 1 aromatic rings. The molecule has 28 heavy (non-hydrogen) atoms. The van der Waals surface area contributed by atoms with E-state index in [0.717, 1.165) is 28.0 Å². The molecule has 0 saturated heterocycles. The van der Waals surface area contributed by atoms with Crippen molar-refractivity contribution < 1.29 is 28.6 Å². The van der Waals surface area contributed by atoms with Crippen LogP contribution in [-0.4, -0.2) is 39.1 Å². The highest BCUT2D eigenvalue weighted by Crippen LogP contribution is 2.58. The van der Waals surface area contributed by atoms with E-state index in [1.54, 1.807) is 7.11 Å². The minimum atomic E-state index is -0.860. The van der Waals surface area contributed by atoms with E-state index in [0.29, 0.717) is 32.1 Å². The number of carbonyl (C=O) groups excluding carboxylic acids is 3. The van der Waals surface area contributed by atoms with Gasteiger partial charge in [-0.25, -0.2) is 0 Å². The van der Waals surface area contributed by atoms with E-state index in [-0.39, 0.29) is 17.7 Å². The lowest BCUT2D eigenvalue weighted by Gasteiger charge is -2.43. The van der Waals surface area contributed by atoms with Crippen molar-refractivity contribution >= 4 is 23.3 Å². The predicted octanol–water partition coefficient (Wildman–Crippen LogP) is 2.73. The lowest BCUT2D eigenvalue weighted by Crippen LogP contribution is -2.45. The van der Waals surface area contributed by atoms with Crippen molar-refractivity contribution in [1.29, 1.82) is 0 Å². The SMILES string of the molecule is COC(=O)[C@@H]1Cc2cc(OC)ccc2C2=C1[C@H]1C(=O)CC[C@@]1(C(=O)OC)CC2. The Labute approximate surface area is 163 Å². The molecule has 3 atom stereocenters. The number of benzene rings is 1. The van der Waals surface area contributed by atoms with E-state index < -0.39 is 17.3 Å². The summed E-state index contributed by atoms with van der Waals surface area (Å²) in [6, 6.07) is 5.82. The molecule has 0 unspecified atom stereocenters. The monoisotopic (exact) mass is 384 g/mol. The van der Waals surface area contributed by atoms with Gasteiger partial charge in [-0.2, -0.15) is 0 Å². The Bertz CT molecular complexity index is 898. The van der Waals surface area contributed by atoms with Crippen LogP contribution in [0.3, 0.4) is 0 Å². The third-order valence-electron chi connectivity index (χ3n) is 6.69. The van der Waals surface area contributed by atoms with Gasteiger partial charge in [-0.3, -0.25) is 14.4 Å². The molecule has 3 aliphatic carbocycles. The van der Waals surface area contributed by atoms with Crippen molar-refractivity contribution in [2.45, 2.75) is 32.1 Å². The van der Waals surface area contributed by atoms with Crippen LogP contribution in [0.2, 0.25) is 0 Å². The molecule has 0 N–H and O–H groups in total. The average Bonchev–Trinajstić information content (AvgIpc) is 3.09. The van der Waals surface area contributed by atoms with Crippen molar-refractivity contribution in [2.24, 2.45) is 17.3 Å². The molecule has 1 saturated carbocycles. The van der Waals surface area contributed by atoms with Gasteiger partial charge >= 0.3 is 11.9 Å². The first-order valence-electron chi connectivity index (χ1n) is 9.56. The Balaban J connectivity index is 1.93. The topological polar surface area (TPSA) is 78.9 Å². The van der Waals surface area contributed by atoms with Crippen LogP contribution in [0.5, 0.6) is 5.75 Å². The Hall–Kier alpha value is -2.63. The van der Waals surface area contributed by atoms with E-state index in [1.807, 2.05) is 18.2 Å². The van der Waals surface area contributed by atoms with Gasteiger partial charge in [0.1, 0.15) is 11.5 Å².